The molecule has 1 aromatic heterocycles. The van der Waals surface area contributed by atoms with Crippen molar-refractivity contribution in [2.24, 2.45) is 0 Å². The molecule has 0 bridgehead atoms. The molecule has 0 radical (unpaired) electrons. The maximum atomic E-state index is 12.2. The summed E-state index contributed by atoms with van der Waals surface area (Å²) in [7, 11) is 0. The van der Waals surface area contributed by atoms with E-state index < -0.39 is 6.36 Å². The normalized spacial score (nSPS) is 11.3. The van der Waals surface area contributed by atoms with Crippen molar-refractivity contribution in [3.05, 3.63) is 34.9 Å². The zero-order valence-electron chi connectivity index (χ0n) is 10.9. The molecule has 8 heteroatoms. The number of anilines is 1. The fraction of sp³-hybridized carbons (Fsp3) is 0.231. The molecule has 0 unspecified atom stereocenters. The zero-order chi connectivity index (χ0) is 15.5. The molecule has 0 atom stereocenters. The predicted octanol–water partition coefficient (Wildman–Crippen LogP) is 4.24. The Kier molecular flexibility index (Phi) is 4.66. The minimum absolute atomic E-state index is 0.307. The summed E-state index contributed by atoms with van der Waals surface area (Å²) in [5.74, 6) is 0.572. The van der Waals surface area contributed by atoms with Gasteiger partial charge in [0.2, 0.25) is 0 Å². The second-order valence-electron chi connectivity index (χ2n) is 4.00. The van der Waals surface area contributed by atoms with Crippen LogP contribution in [0.2, 0.25) is 0 Å². The maximum absolute atomic E-state index is 12.2. The summed E-state index contributed by atoms with van der Waals surface area (Å²) in [5, 5.41) is 3.03. The Bertz CT molecular complexity index is 634. The second kappa shape index (κ2) is 6.30. The molecule has 0 aliphatic rings. The fourth-order valence-electron chi connectivity index (χ4n) is 1.63. The zero-order valence-corrected chi connectivity index (χ0v) is 12.5. The lowest BCUT2D eigenvalue weighted by Crippen LogP contribution is -2.17. The third-order valence-electron chi connectivity index (χ3n) is 2.41. The molecule has 0 saturated heterocycles. The first-order valence-electron chi connectivity index (χ1n) is 6.01. The smallest absolute Gasteiger partial charge is 0.406 e. The van der Waals surface area contributed by atoms with Crippen molar-refractivity contribution < 1.29 is 17.9 Å². The second-order valence-corrected chi connectivity index (χ2v) is 4.85. The molecular weight excluding hydrogens is 351 g/mol. The van der Waals surface area contributed by atoms with Crippen molar-refractivity contribution in [2.75, 3.05) is 11.9 Å². The van der Waals surface area contributed by atoms with Gasteiger partial charge in [-0.05, 0) is 35.0 Å². The molecule has 112 valence electrons. The monoisotopic (exact) mass is 361 g/mol. The van der Waals surface area contributed by atoms with Crippen molar-refractivity contribution in [3.63, 3.8) is 0 Å². The van der Waals surface area contributed by atoms with E-state index in [2.05, 4.69) is 36.0 Å². The highest BCUT2D eigenvalue weighted by atomic mass is 79.9. The van der Waals surface area contributed by atoms with Gasteiger partial charge in [0.15, 0.2) is 5.82 Å². The molecule has 0 aliphatic heterocycles. The molecule has 2 aromatic rings. The van der Waals surface area contributed by atoms with E-state index in [4.69, 9.17) is 0 Å². The van der Waals surface area contributed by atoms with Crippen LogP contribution in [0, 0.1) is 0 Å². The van der Waals surface area contributed by atoms with Crippen LogP contribution in [0.1, 0.15) is 6.92 Å². The SMILES string of the molecule is CCNc1nc(-c2cccc(OC(F)(F)F)c2)ncc1Br. The van der Waals surface area contributed by atoms with E-state index in [9.17, 15) is 13.2 Å². The summed E-state index contributed by atoms with van der Waals surface area (Å²) in [4.78, 5) is 8.36. The fourth-order valence-corrected chi connectivity index (χ4v) is 1.96. The standard InChI is InChI=1S/C13H11BrF3N3O/c1-2-18-12-10(14)7-19-11(20-12)8-4-3-5-9(6-8)21-13(15,16)17/h3-7H,2H2,1H3,(H,18,19,20). The molecule has 0 spiro atoms. The number of halogens is 4. The van der Waals surface area contributed by atoms with Crippen molar-refractivity contribution in [3.8, 4) is 17.1 Å². The minimum atomic E-state index is -4.73. The number of benzene rings is 1. The summed E-state index contributed by atoms with van der Waals surface area (Å²) >= 11 is 3.30. The Morgan fingerprint density at radius 3 is 2.76 bits per heavy atom. The summed E-state index contributed by atoms with van der Waals surface area (Å²) in [6.07, 6.45) is -3.19. The van der Waals surface area contributed by atoms with Gasteiger partial charge in [0.05, 0.1) is 4.47 Å². The summed E-state index contributed by atoms with van der Waals surface area (Å²) in [5.41, 5.74) is 0.434. The number of nitrogens with one attached hydrogen (secondary N) is 1. The number of hydrogen-bond acceptors (Lipinski definition) is 4. The van der Waals surface area contributed by atoms with Gasteiger partial charge in [0, 0.05) is 18.3 Å². The van der Waals surface area contributed by atoms with Crippen LogP contribution in [-0.2, 0) is 0 Å². The van der Waals surface area contributed by atoms with Gasteiger partial charge in [-0.25, -0.2) is 9.97 Å². The van der Waals surface area contributed by atoms with E-state index in [1.54, 1.807) is 6.07 Å². The van der Waals surface area contributed by atoms with Gasteiger partial charge < -0.3 is 10.1 Å². The highest BCUT2D eigenvalue weighted by Crippen LogP contribution is 2.28. The number of aromatic nitrogens is 2. The van der Waals surface area contributed by atoms with Gasteiger partial charge in [-0.3, -0.25) is 0 Å². The molecule has 0 aliphatic carbocycles. The minimum Gasteiger partial charge on any atom is -0.406 e. The van der Waals surface area contributed by atoms with Crippen molar-refractivity contribution >= 4 is 21.7 Å². The molecular formula is C13H11BrF3N3O. The van der Waals surface area contributed by atoms with Crippen LogP contribution in [0.5, 0.6) is 5.75 Å². The van der Waals surface area contributed by atoms with E-state index in [0.29, 0.717) is 28.2 Å². The van der Waals surface area contributed by atoms with Crippen molar-refractivity contribution in [1.82, 2.24) is 9.97 Å². The highest BCUT2D eigenvalue weighted by Gasteiger charge is 2.31. The first kappa shape index (κ1) is 15.6. The average molecular weight is 362 g/mol. The summed E-state index contributed by atoms with van der Waals surface area (Å²) in [6, 6.07) is 5.53. The quantitative estimate of drug-likeness (QED) is 0.884. The van der Waals surface area contributed by atoms with Gasteiger partial charge in [-0.1, -0.05) is 12.1 Å². The molecule has 1 N–H and O–H groups in total. The lowest BCUT2D eigenvalue weighted by atomic mass is 10.2. The van der Waals surface area contributed by atoms with Crippen LogP contribution in [0.3, 0.4) is 0 Å². The molecule has 4 nitrogen and oxygen atoms in total. The van der Waals surface area contributed by atoms with Crippen molar-refractivity contribution in [1.29, 1.82) is 0 Å². The van der Waals surface area contributed by atoms with E-state index in [0.717, 1.165) is 0 Å². The Hall–Kier alpha value is -1.83. The van der Waals surface area contributed by atoms with E-state index in [1.165, 1.54) is 24.4 Å². The topological polar surface area (TPSA) is 47.0 Å². The average Bonchev–Trinajstić information content (AvgIpc) is 2.40. The Morgan fingerprint density at radius 2 is 2.10 bits per heavy atom. The number of hydrogen-bond donors (Lipinski definition) is 1. The molecule has 1 heterocycles. The molecule has 0 saturated carbocycles. The Morgan fingerprint density at radius 1 is 1.33 bits per heavy atom. The number of ether oxygens (including phenoxy) is 1. The Balaban J connectivity index is 2.34. The molecule has 1 aromatic carbocycles. The van der Waals surface area contributed by atoms with Crippen LogP contribution in [-0.4, -0.2) is 22.9 Å². The number of nitrogens with zero attached hydrogens (tertiary/aromatic N) is 2. The largest absolute Gasteiger partial charge is 0.573 e. The van der Waals surface area contributed by atoms with Gasteiger partial charge in [-0.15, -0.1) is 13.2 Å². The molecule has 0 amide bonds. The molecule has 0 fully saturated rings. The van der Waals surface area contributed by atoms with Crippen LogP contribution >= 0.6 is 15.9 Å². The number of rotatable bonds is 4. The Labute approximate surface area is 127 Å². The third kappa shape index (κ3) is 4.32. The first-order chi connectivity index (χ1) is 9.89. The van der Waals surface area contributed by atoms with Crippen LogP contribution in [0.4, 0.5) is 19.0 Å². The van der Waals surface area contributed by atoms with E-state index in [-0.39, 0.29) is 5.75 Å². The lowest BCUT2D eigenvalue weighted by Gasteiger charge is -2.10. The predicted molar refractivity (Wildman–Crippen MR) is 76.0 cm³/mol. The van der Waals surface area contributed by atoms with Gasteiger partial charge in [-0.2, -0.15) is 0 Å². The van der Waals surface area contributed by atoms with Gasteiger partial charge in [0.1, 0.15) is 11.6 Å². The van der Waals surface area contributed by atoms with Gasteiger partial charge >= 0.3 is 6.36 Å². The van der Waals surface area contributed by atoms with E-state index >= 15 is 0 Å². The maximum Gasteiger partial charge on any atom is 0.573 e. The van der Waals surface area contributed by atoms with E-state index in [1.807, 2.05) is 6.92 Å². The summed E-state index contributed by atoms with van der Waals surface area (Å²) < 4.78 is 41.2. The van der Waals surface area contributed by atoms with Crippen molar-refractivity contribution in [2.45, 2.75) is 13.3 Å². The number of alkyl halides is 3. The molecule has 21 heavy (non-hydrogen) atoms. The van der Waals surface area contributed by atoms with Crippen LogP contribution in [0.25, 0.3) is 11.4 Å². The van der Waals surface area contributed by atoms with Crippen LogP contribution in [0.15, 0.2) is 34.9 Å². The third-order valence-corrected chi connectivity index (χ3v) is 2.99. The lowest BCUT2D eigenvalue weighted by molar-refractivity contribution is -0.274. The van der Waals surface area contributed by atoms with Gasteiger partial charge in [0.25, 0.3) is 0 Å². The van der Waals surface area contributed by atoms with Crippen LogP contribution < -0.4 is 10.1 Å². The summed E-state index contributed by atoms with van der Waals surface area (Å²) in [6.45, 7) is 2.57. The first-order valence-corrected chi connectivity index (χ1v) is 6.81. The molecule has 2 rings (SSSR count). The highest BCUT2D eigenvalue weighted by molar-refractivity contribution is 9.10.